The molecule has 0 heterocycles. The Hall–Kier alpha value is -1.48. The van der Waals surface area contributed by atoms with Gasteiger partial charge in [0, 0.05) is 28.1 Å². The largest absolute Gasteiger partial charge is 0.461 e. The van der Waals surface area contributed by atoms with Crippen LogP contribution in [0.3, 0.4) is 0 Å². The van der Waals surface area contributed by atoms with Crippen LogP contribution in [0.4, 0.5) is 0 Å². The summed E-state index contributed by atoms with van der Waals surface area (Å²) in [5, 5.41) is 10.3. The second-order valence-corrected chi connectivity index (χ2v) is 6.74. The normalized spacial score (nSPS) is 16.6. The van der Waals surface area contributed by atoms with Crippen LogP contribution < -0.4 is 0 Å². The average molecular weight is 356 g/mol. The Bertz CT molecular complexity index is 457. The highest BCUT2D eigenvalue weighted by atomic mass is 31.2. The number of esters is 2. The minimum absolute atomic E-state index is 0.0879. The third-order valence-electron chi connectivity index (χ3n) is 2.79. The highest BCUT2D eigenvalue weighted by molar-refractivity contribution is 7.54. The van der Waals surface area contributed by atoms with Gasteiger partial charge in [0.1, 0.15) is 6.10 Å². The van der Waals surface area contributed by atoms with Crippen molar-refractivity contribution in [3.63, 3.8) is 0 Å². The van der Waals surface area contributed by atoms with Gasteiger partial charge in [0.25, 0.3) is 6.47 Å². The van der Waals surface area contributed by atoms with E-state index in [9.17, 15) is 24.1 Å². The molecule has 0 rings (SSSR count). The molecule has 0 aromatic heterocycles. The van der Waals surface area contributed by atoms with Crippen molar-refractivity contribution in [1.82, 2.24) is 0 Å². The standard InChI is InChI=1S/C12H21O10P/c1-7(20-6-13)10(21-8(2)14)11(22-9(3)15)12(16)23(17,18-4)19-5/h6-7,10-12,16H,1-5H3/t7-,10-,11+,12-/m0/s1. The highest BCUT2D eigenvalue weighted by Gasteiger charge is 2.48. The molecule has 0 saturated heterocycles. The Balaban J connectivity index is 5.75. The Morgan fingerprint density at radius 3 is 1.83 bits per heavy atom. The van der Waals surface area contributed by atoms with Crippen LogP contribution in [0.5, 0.6) is 0 Å². The summed E-state index contributed by atoms with van der Waals surface area (Å²) < 4.78 is 36.1. The third kappa shape index (κ3) is 6.26. The average Bonchev–Trinajstić information content (AvgIpc) is 2.48. The third-order valence-corrected chi connectivity index (χ3v) is 4.75. The summed E-state index contributed by atoms with van der Waals surface area (Å²) >= 11 is 0. The van der Waals surface area contributed by atoms with E-state index in [1.165, 1.54) is 6.92 Å². The number of hydrogen-bond acceptors (Lipinski definition) is 10. The van der Waals surface area contributed by atoms with Crippen molar-refractivity contribution in [2.24, 2.45) is 0 Å². The molecule has 0 aromatic carbocycles. The molecule has 0 aliphatic carbocycles. The molecule has 0 fully saturated rings. The van der Waals surface area contributed by atoms with E-state index in [-0.39, 0.29) is 6.47 Å². The van der Waals surface area contributed by atoms with Crippen LogP contribution in [0.25, 0.3) is 0 Å². The zero-order valence-corrected chi connectivity index (χ0v) is 14.3. The maximum Gasteiger partial charge on any atom is 0.362 e. The van der Waals surface area contributed by atoms with Gasteiger partial charge in [-0.05, 0) is 6.92 Å². The van der Waals surface area contributed by atoms with Crippen molar-refractivity contribution in [2.75, 3.05) is 14.2 Å². The van der Waals surface area contributed by atoms with E-state index in [2.05, 4.69) is 13.8 Å². The molecule has 0 aromatic rings. The summed E-state index contributed by atoms with van der Waals surface area (Å²) in [7, 11) is -2.06. The second-order valence-electron chi connectivity index (χ2n) is 4.40. The fourth-order valence-corrected chi connectivity index (χ4v) is 2.92. The van der Waals surface area contributed by atoms with Crippen molar-refractivity contribution < 1.29 is 47.3 Å². The van der Waals surface area contributed by atoms with Crippen LogP contribution in [0.1, 0.15) is 20.8 Å². The topological polar surface area (TPSA) is 135 Å². The van der Waals surface area contributed by atoms with Crippen LogP contribution in [0.15, 0.2) is 0 Å². The van der Waals surface area contributed by atoms with Gasteiger partial charge in [0.05, 0.1) is 0 Å². The SMILES string of the molecule is COP(=O)(OC)[C@H](O)[C@H](OC(C)=O)[C@@H](OC(C)=O)[C@H](C)OC=O. The lowest BCUT2D eigenvalue weighted by Crippen LogP contribution is -2.49. The van der Waals surface area contributed by atoms with E-state index in [0.717, 1.165) is 28.1 Å². The molecule has 134 valence electrons. The van der Waals surface area contributed by atoms with Crippen LogP contribution in [0.2, 0.25) is 0 Å². The summed E-state index contributed by atoms with van der Waals surface area (Å²) in [5.41, 5.74) is 0. The quantitative estimate of drug-likeness (QED) is 0.250. The van der Waals surface area contributed by atoms with Crippen LogP contribution in [-0.4, -0.2) is 61.9 Å². The first-order valence-electron chi connectivity index (χ1n) is 6.45. The maximum absolute atomic E-state index is 12.3. The van der Waals surface area contributed by atoms with E-state index in [0.29, 0.717) is 0 Å². The predicted octanol–water partition coefficient (Wildman–Crippen LogP) is 0.216. The molecule has 4 atom stereocenters. The molecule has 23 heavy (non-hydrogen) atoms. The minimum atomic E-state index is -4.10. The Kier molecular flexibility index (Phi) is 8.99. The van der Waals surface area contributed by atoms with Gasteiger partial charge < -0.3 is 28.4 Å². The van der Waals surface area contributed by atoms with Crippen molar-refractivity contribution in [3.8, 4) is 0 Å². The number of ether oxygens (including phenoxy) is 3. The summed E-state index contributed by atoms with van der Waals surface area (Å²) in [6.45, 7) is 3.50. The van der Waals surface area contributed by atoms with Gasteiger partial charge in [-0.2, -0.15) is 0 Å². The number of carbonyl (C=O) groups excluding carboxylic acids is 3. The zero-order valence-electron chi connectivity index (χ0n) is 13.5. The lowest BCUT2D eigenvalue weighted by molar-refractivity contribution is -0.184. The lowest BCUT2D eigenvalue weighted by atomic mass is 10.1. The van der Waals surface area contributed by atoms with Gasteiger partial charge in [-0.1, -0.05) is 0 Å². The fraction of sp³-hybridized carbons (Fsp3) is 0.750. The molecule has 0 amide bonds. The van der Waals surface area contributed by atoms with Crippen molar-refractivity contribution in [2.45, 2.75) is 44.9 Å². The Morgan fingerprint density at radius 1 is 1.04 bits per heavy atom. The van der Waals surface area contributed by atoms with Gasteiger partial charge >= 0.3 is 19.5 Å². The first kappa shape index (κ1) is 21.5. The molecule has 0 spiro atoms. The molecule has 0 unspecified atom stereocenters. The van der Waals surface area contributed by atoms with Crippen molar-refractivity contribution in [1.29, 1.82) is 0 Å². The van der Waals surface area contributed by atoms with Gasteiger partial charge in [0.15, 0.2) is 18.1 Å². The molecule has 0 aliphatic rings. The van der Waals surface area contributed by atoms with Crippen molar-refractivity contribution in [3.05, 3.63) is 0 Å². The van der Waals surface area contributed by atoms with E-state index >= 15 is 0 Å². The van der Waals surface area contributed by atoms with Gasteiger partial charge in [-0.3, -0.25) is 18.9 Å². The number of aliphatic hydroxyl groups is 1. The minimum Gasteiger partial charge on any atom is -0.461 e. The lowest BCUT2D eigenvalue weighted by Gasteiger charge is -2.33. The van der Waals surface area contributed by atoms with Crippen LogP contribution >= 0.6 is 7.60 Å². The van der Waals surface area contributed by atoms with Gasteiger partial charge in [-0.15, -0.1) is 0 Å². The molecular formula is C12H21O10P. The number of hydrogen-bond donors (Lipinski definition) is 1. The molecule has 0 saturated carbocycles. The summed E-state index contributed by atoms with van der Waals surface area (Å²) in [6.07, 6.45) is -4.20. The van der Waals surface area contributed by atoms with E-state index < -0.39 is 43.7 Å². The van der Waals surface area contributed by atoms with E-state index in [4.69, 9.17) is 9.47 Å². The van der Waals surface area contributed by atoms with E-state index in [1.807, 2.05) is 0 Å². The molecule has 11 heteroatoms. The molecule has 0 bridgehead atoms. The molecule has 1 N–H and O–H groups in total. The van der Waals surface area contributed by atoms with Crippen molar-refractivity contribution >= 4 is 26.0 Å². The first-order valence-corrected chi connectivity index (χ1v) is 8.06. The monoisotopic (exact) mass is 356 g/mol. The smallest absolute Gasteiger partial charge is 0.362 e. The maximum atomic E-state index is 12.3. The van der Waals surface area contributed by atoms with Crippen LogP contribution in [0, 0.1) is 0 Å². The number of aliphatic hydroxyl groups excluding tert-OH is 1. The fourth-order valence-electron chi connectivity index (χ4n) is 1.75. The predicted molar refractivity (Wildman–Crippen MR) is 75.4 cm³/mol. The van der Waals surface area contributed by atoms with E-state index in [1.54, 1.807) is 0 Å². The number of rotatable bonds is 10. The Morgan fingerprint density at radius 2 is 1.48 bits per heavy atom. The summed E-state index contributed by atoms with van der Waals surface area (Å²) in [4.78, 5) is 33.0. The molecular weight excluding hydrogens is 335 g/mol. The highest BCUT2D eigenvalue weighted by Crippen LogP contribution is 2.52. The van der Waals surface area contributed by atoms with Gasteiger partial charge in [0.2, 0.25) is 0 Å². The summed E-state index contributed by atoms with van der Waals surface area (Å²) in [5.74, 6) is -3.64. The molecule has 0 radical (unpaired) electrons. The zero-order chi connectivity index (χ0) is 18.2. The van der Waals surface area contributed by atoms with Gasteiger partial charge in [-0.25, -0.2) is 0 Å². The number of carbonyl (C=O) groups is 3. The molecule has 10 nitrogen and oxygen atoms in total. The summed E-state index contributed by atoms with van der Waals surface area (Å²) in [6, 6.07) is 0. The second kappa shape index (κ2) is 9.61. The van der Waals surface area contributed by atoms with Crippen LogP contribution in [-0.2, 0) is 42.2 Å². The first-order chi connectivity index (χ1) is 10.6. The Labute approximate surface area is 133 Å². The molecule has 0 aliphatic heterocycles.